The molecule has 0 atom stereocenters. The van der Waals surface area contributed by atoms with E-state index in [9.17, 15) is 4.79 Å². The molecule has 1 aliphatic heterocycles. The minimum atomic E-state index is -0.921. The molecular formula is C15H19N3O2. The van der Waals surface area contributed by atoms with Crippen LogP contribution < -0.4 is 0 Å². The lowest BCUT2D eigenvalue weighted by Crippen LogP contribution is -2.31. The maximum Gasteiger partial charge on any atom is 0.352 e. The van der Waals surface area contributed by atoms with Crippen LogP contribution in [-0.2, 0) is 6.42 Å². The van der Waals surface area contributed by atoms with Crippen LogP contribution in [0.15, 0.2) is 24.4 Å². The topological polar surface area (TPSA) is 57.8 Å². The molecule has 3 heterocycles. The fourth-order valence-corrected chi connectivity index (χ4v) is 2.81. The van der Waals surface area contributed by atoms with Crippen LogP contribution in [0.1, 0.15) is 35.4 Å². The summed E-state index contributed by atoms with van der Waals surface area (Å²) >= 11 is 0. The van der Waals surface area contributed by atoms with E-state index in [2.05, 4.69) is 9.88 Å². The number of rotatable bonds is 4. The molecule has 1 aliphatic rings. The summed E-state index contributed by atoms with van der Waals surface area (Å²) in [5.41, 5.74) is 1.93. The number of carboxylic acids is 1. The summed E-state index contributed by atoms with van der Waals surface area (Å²) < 4.78 is 1.66. The lowest BCUT2D eigenvalue weighted by Gasteiger charge is -2.25. The molecule has 1 fully saturated rings. The van der Waals surface area contributed by atoms with Gasteiger partial charge in [-0.3, -0.25) is 4.40 Å². The van der Waals surface area contributed by atoms with Crippen molar-refractivity contribution in [2.75, 3.05) is 19.6 Å². The van der Waals surface area contributed by atoms with Crippen LogP contribution in [0.25, 0.3) is 5.65 Å². The first-order valence-corrected chi connectivity index (χ1v) is 7.17. The number of aromatic carboxylic acids is 1. The number of imidazole rings is 1. The maximum absolute atomic E-state index is 11.2. The fraction of sp³-hybridized carbons (Fsp3) is 0.467. The van der Waals surface area contributed by atoms with Crippen LogP contribution in [0, 0.1) is 0 Å². The lowest BCUT2D eigenvalue weighted by molar-refractivity contribution is 0.0689. The highest BCUT2D eigenvalue weighted by Gasteiger charge is 2.13. The number of hydrogen-bond acceptors (Lipinski definition) is 3. The molecule has 0 aliphatic carbocycles. The molecule has 0 bridgehead atoms. The predicted octanol–water partition coefficient (Wildman–Crippen LogP) is 2.06. The summed E-state index contributed by atoms with van der Waals surface area (Å²) in [5, 5.41) is 9.17. The first kappa shape index (κ1) is 13.1. The second-order valence-corrected chi connectivity index (χ2v) is 5.33. The largest absolute Gasteiger partial charge is 0.477 e. The Bertz CT molecular complexity index is 615. The van der Waals surface area contributed by atoms with Crippen molar-refractivity contribution in [1.29, 1.82) is 0 Å². The monoisotopic (exact) mass is 273 g/mol. The van der Waals surface area contributed by atoms with Gasteiger partial charge in [-0.15, -0.1) is 0 Å². The quantitative estimate of drug-likeness (QED) is 0.926. The van der Waals surface area contributed by atoms with Gasteiger partial charge in [0.1, 0.15) is 11.3 Å². The van der Waals surface area contributed by atoms with E-state index in [1.54, 1.807) is 16.5 Å². The number of carboxylic acid groups (broad SMARTS) is 1. The number of pyridine rings is 1. The Morgan fingerprint density at radius 3 is 2.80 bits per heavy atom. The molecule has 2 aromatic rings. The van der Waals surface area contributed by atoms with Gasteiger partial charge in [0.25, 0.3) is 0 Å². The van der Waals surface area contributed by atoms with Gasteiger partial charge < -0.3 is 10.0 Å². The molecule has 20 heavy (non-hydrogen) atoms. The van der Waals surface area contributed by atoms with E-state index in [0.29, 0.717) is 5.65 Å². The summed E-state index contributed by atoms with van der Waals surface area (Å²) in [5.74, 6) is -0.921. The number of likely N-dealkylation sites (tertiary alicyclic amines) is 1. The molecule has 1 N–H and O–H groups in total. The van der Waals surface area contributed by atoms with Crippen LogP contribution in [0.4, 0.5) is 0 Å². The number of hydrogen-bond donors (Lipinski definition) is 1. The summed E-state index contributed by atoms with van der Waals surface area (Å²) in [7, 11) is 0. The van der Waals surface area contributed by atoms with Gasteiger partial charge in [-0.2, -0.15) is 0 Å². The van der Waals surface area contributed by atoms with Crippen LogP contribution in [-0.4, -0.2) is 45.0 Å². The number of aromatic nitrogens is 2. The summed E-state index contributed by atoms with van der Waals surface area (Å²) in [6.45, 7) is 3.35. The van der Waals surface area contributed by atoms with Crippen molar-refractivity contribution in [3.05, 3.63) is 35.8 Å². The molecule has 2 aromatic heterocycles. The van der Waals surface area contributed by atoms with Crippen molar-refractivity contribution in [3.8, 4) is 0 Å². The Labute approximate surface area is 117 Å². The van der Waals surface area contributed by atoms with Gasteiger partial charge in [-0.1, -0.05) is 12.5 Å². The van der Waals surface area contributed by atoms with E-state index in [1.807, 2.05) is 12.3 Å². The Balaban J connectivity index is 1.75. The van der Waals surface area contributed by atoms with Crippen molar-refractivity contribution in [2.45, 2.75) is 25.7 Å². The minimum Gasteiger partial charge on any atom is -0.477 e. The molecule has 106 valence electrons. The zero-order valence-electron chi connectivity index (χ0n) is 11.5. The molecule has 1 saturated heterocycles. The van der Waals surface area contributed by atoms with Crippen LogP contribution in [0.5, 0.6) is 0 Å². The van der Waals surface area contributed by atoms with E-state index < -0.39 is 5.97 Å². The van der Waals surface area contributed by atoms with Crippen molar-refractivity contribution < 1.29 is 9.90 Å². The van der Waals surface area contributed by atoms with E-state index in [4.69, 9.17) is 5.11 Å². The third kappa shape index (κ3) is 2.67. The SMILES string of the molecule is O=C(O)c1cccc2nc(CCN3CCCCC3)cn12. The maximum atomic E-state index is 11.2. The van der Waals surface area contributed by atoms with Crippen molar-refractivity contribution in [1.82, 2.24) is 14.3 Å². The standard InChI is InChI=1S/C15H19N3O2/c19-15(20)13-5-4-6-14-16-12(11-18(13)14)7-10-17-8-2-1-3-9-17/h4-6,11H,1-3,7-10H2,(H,19,20). The number of nitrogens with zero attached hydrogens (tertiary/aromatic N) is 3. The van der Waals surface area contributed by atoms with E-state index in [1.165, 1.54) is 32.4 Å². The Morgan fingerprint density at radius 2 is 2.05 bits per heavy atom. The van der Waals surface area contributed by atoms with Crippen LogP contribution in [0.2, 0.25) is 0 Å². The highest BCUT2D eigenvalue weighted by atomic mass is 16.4. The lowest BCUT2D eigenvalue weighted by atomic mass is 10.1. The van der Waals surface area contributed by atoms with Gasteiger partial charge in [0, 0.05) is 19.2 Å². The first-order chi connectivity index (χ1) is 9.74. The Kier molecular flexibility index (Phi) is 3.69. The van der Waals surface area contributed by atoms with E-state index >= 15 is 0 Å². The number of carbonyl (C=O) groups is 1. The molecule has 5 heteroatoms. The number of piperidine rings is 1. The van der Waals surface area contributed by atoms with E-state index in [-0.39, 0.29) is 5.69 Å². The summed E-state index contributed by atoms with van der Waals surface area (Å²) in [4.78, 5) is 18.1. The average Bonchev–Trinajstić information content (AvgIpc) is 2.88. The smallest absolute Gasteiger partial charge is 0.352 e. The molecule has 0 amide bonds. The molecule has 0 radical (unpaired) electrons. The van der Waals surface area contributed by atoms with Crippen molar-refractivity contribution >= 4 is 11.6 Å². The van der Waals surface area contributed by atoms with Gasteiger partial charge in [-0.25, -0.2) is 9.78 Å². The van der Waals surface area contributed by atoms with Gasteiger partial charge in [-0.05, 0) is 38.1 Å². The van der Waals surface area contributed by atoms with Gasteiger partial charge >= 0.3 is 5.97 Å². The minimum absolute atomic E-state index is 0.263. The summed E-state index contributed by atoms with van der Waals surface area (Å²) in [6, 6.07) is 5.18. The van der Waals surface area contributed by atoms with Crippen molar-refractivity contribution in [2.24, 2.45) is 0 Å². The molecule has 5 nitrogen and oxygen atoms in total. The van der Waals surface area contributed by atoms with Crippen molar-refractivity contribution in [3.63, 3.8) is 0 Å². The zero-order chi connectivity index (χ0) is 13.9. The van der Waals surface area contributed by atoms with Gasteiger partial charge in [0.2, 0.25) is 0 Å². The van der Waals surface area contributed by atoms with E-state index in [0.717, 1.165) is 18.7 Å². The normalized spacial score (nSPS) is 16.6. The van der Waals surface area contributed by atoms with Crippen LogP contribution in [0.3, 0.4) is 0 Å². The fourth-order valence-electron chi connectivity index (χ4n) is 2.81. The molecular weight excluding hydrogens is 254 g/mol. The molecule has 0 saturated carbocycles. The van der Waals surface area contributed by atoms with Gasteiger partial charge in [0.15, 0.2) is 0 Å². The van der Waals surface area contributed by atoms with Crippen LogP contribution >= 0.6 is 0 Å². The Hall–Kier alpha value is -1.88. The molecule has 0 unspecified atom stereocenters. The Morgan fingerprint density at radius 1 is 1.25 bits per heavy atom. The third-order valence-corrected chi connectivity index (χ3v) is 3.89. The average molecular weight is 273 g/mol. The third-order valence-electron chi connectivity index (χ3n) is 3.89. The highest BCUT2D eigenvalue weighted by Crippen LogP contribution is 2.12. The summed E-state index contributed by atoms with van der Waals surface area (Å²) in [6.07, 6.45) is 6.64. The number of fused-ring (bicyclic) bond motifs is 1. The zero-order valence-corrected chi connectivity index (χ0v) is 11.5. The highest BCUT2D eigenvalue weighted by molar-refractivity contribution is 5.86. The molecule has 0 spiro atoms. The second kappa shape index (κ2) is 5.63. The first-order valence-electron chi connectivity index (χ1n) is 7.17. The molecule has 3 rings (SSSR count). The molecule has 0 aromatic carbocycles. The second-order valence-electron chi connectivity index (χ2n) is 5.33. The predicted molar refractivity (Wildman–Crippen MR) is 76.1 cm³/mol. The van der Waals surface area contributed by atoms with Gasteiger partial charge in [0.05, 0.1) is 5.69 Å².